The fourth-order valence-corrected chi connectivity index (χ4v) is 2.17. The smallest absolute Gasteiger partial charge is 0.269 e. The summed E-state index contributed by atoms with van der Waals surface area (Å²) in [4.78, 5) is 10.3. The van der Waals surface area contributed by atoms with Gasteiger partial charge in [-0.25, -0.2) is 0 Å². The molecule has 0 spiro atoms. The van der Waals surface area contributed by atoms with Crippen LogP contribution in [0.3, 0.4) is 0 Å². The maximum Gasteiger partial charge on any atom is 0.269 e. The lowest BCUT2D eigenvalue weighted by molar-refractivity contribution is -0.384. The van der Waals surface area contributed by atoms with Crippen molar-refractivity contribution in [3.8, 4) is 5.75 Å². The molecule has 19 heavy (non-hydrogen) atoms. The Morgan fingerprint density at radius 3 is 2.74 bits per heavy atom. The Morgan fingerprint density at radius 1 is 1.26 bits per heavy atom. The van der Waals surface area contributed by atoms with E-state index in [9.17, 15) is 10.1 Å². The van der Waals surface area contributed by atoms with Crippen molar-refractivity contribution in [3.63, 3.8) is 0 Å². The third-order valence-electron chi connectivity index (χ3n) is 2.65. The molecule has 0 N–H and O–H groups in total. The predicted octanol–water partition coefficient (Wildman–Crippen LogP) is 4.24. The average Bonchev–Trinajstić information content (AvgIpc) is 2.38. The van der Waals surface area contributed by atoms with Crippen LogP contribution in [0.5, 0.6) is 5.75 Å². The monoisotopic (exact) mass is 321 g/mol. The van der Waals surface area contributed by atoms with Gasteiger partial charge in [-0.05, 0) is 36.2 Å². The van der Waals surface area contributed by atoms with Gasteiger partial charge in [0.2, 0.25) is 0 Å². The first kappa shape index (κ1) is 13.5. The van der Waals surface area contributed by atoms with Gasteiger partial charge in [-0.3, -0.25) is 10.1 Å². The second kappa shape index (κ2) is 5.84. The molecule has 0 amide bonds. The summed E-state index contributed by atoms with van der Waals surface area (Å²) in [6.45, 7) is 2.26. The molecule has 0 fully saturated rings. The number of nitro groups is 1. The quantitative estimate of drug-likeness (QED) is 0.625. The van der Waals surface area contributed by atoms with E-state index in [2.05, 4.69) is 15.9 Å². The van der Waals surface area contributed by atoms with Crippen molar-refractivity contribution in [2.45, 2.75) is 13.5 Å². The normalized spacial score (nSPS) is 10.2. The molecule has 5 heteroatoms. The van der Waals surface area contributed by atoms with E-state index in [0.29, 0.717) is 6.61 Å². The van der Waals surface area contributed by atoms with Crippen LogP contribution in [0.4, 0.5) is 5.69 Å². The van der Waals surface area contributed by atoms with Crippen LogP contribution in [-0.4, -0.2) is 4.92 Å². The van der Waals surface area contributed by atoms with Crippen molar-refractivity contribution in [3.05, 3.63) is 68.2 Å². The van der Waals surface area contributed by atoms with Crippen molar-refractivity contribution in [1.29, 1.82) is 0 Å². The Morgan fingerprint density at radius 2 is 2.05 bits per heavy atom. The van der Waals surface area contributed by atoms with E-state index in [1.165, 1.54) is 12.1 Å². The molecule has 0 heterocycles. The zero-order chi connectivity index (χ0) is 13.8. The largest absolute Gasteiger partial charge is 0.489 e. The number of ether oxygens (including phenoxy) is 1. The van der Waals surface area contributed by atoms with E-state index in [-0.39, 0.29) is 5.69 Å². The van der Waals surface area contributed by atoms with Crippen LogP contribution in [0.15, 0.2) is 46.9 Å². The fraction of sp³-hybridized carbons (Fsp3) is 0.143. The van der Waals surface area contributed by atoms with Crippen LogP contribution < -0.4 is 4.74 Å². The van der Waals surface area contributed by atoms with Crippen LogP contribution in [0.1, 0.15) is 11.1 Å². The Labute approximate surface area is 119 Å². The van der Waals surface area contributed by atoms with Crippen molar-refractivity contribution >= 4 is 21.6 Å². The fourth-order valence-electron chi connectivity index (χ4n) is 1.70. The summed E-state index contributed by atoms with van der Waals surface area (Å²) in [5.41, 5.74) is 1.87. The Kier molecular flexibility index (Phi) is 4.16. The van der Waals surface area contributed by atoms with Crippen molar-refractivity contribution < 1.29 is 9.66 Å². The molecule has 2 aromatic rings. The van der Waals surface area contributed by atoms with E-state index < -0.39 is 4.92 Å². The number of benzene rings is 2. The zero-order valence-electron chi connectivity index (χ0n) is 10.3. The SMILES string of the molecule is Cc1cc(Br)ccc1OCc1cccc([N+](=O)[O-])c1. The van der Waals surface area contributed by atoms with Gasteiger partial charge in [0, 0.05) is 16.6 Å². The number of hydrogen-bond acceptors (Lipinski definition) is 3. The molecule has 0 saturated carbocycles. The minimum Gasteiger partial charge on any atom is -0.489 e. The topological polar surface area (TPSA) is 52.4 Å². The van der Waals surface area contributed by atoms with Gasteiger partial charge in [0.05, 0.1) is 4.92 Å². The minimum absolute atomic E-state index is 0.0774. The van der Waals surface area contributed by atoms with Crippen LogP contribution in [-0.2, 0) is 6.61 Å². The van der Waals surface area contributed by atoms with Gasteiger partial charge in [-0.15, -0.1) is 0 Å². The van der Waals surface area contributed by atoms with Gasteiger partial charge >= 0.3 is 0 Å². The lowest BCUT2D eigenvalue weighted by atomic mass is 10.2. The van der Waals surface area contributed by atoms with Crippen LogP contribution in [0, 0.1) is 17.0 Å². The minimum atomic E-state index is -0.408. The summed E-state index contributed by atoms with van der Waals surface area (Å²) >= 11 is 3.39. The zero-order valence-corrected chi connectivity index (χ0v) is 11.9. The third-order valence-corrected chi connectivity index (χ3v) is 3.15. The third kappa shape index (κ3) is 3.54. The molecule has 98 valence electrons. The lowest BCUT2D eigenvalue weighted by Gasteiger charge is -2.09. The number of halogens is 1. The van der Waals surface area contributed by atoms with E-state index >= 15 is 0 Å². The van der Waals surface area contributed by atoms with Crippen molar-refractivity contribution in [2.75, 3.05) is 0 Å². The first-order valence-electron chi connectivity index (χ1n) is 5.68. The molecule has 0 aliphatic heterocycles. The number of non-ortho nitro benzene ring substituents is 1. The van der Waals surface area contributed by atoms with Gasteiger partial charge in [0.15, 0.2) is 0 Å². The molecule has 0 bridgehead atoms. The van der Waals surface area contributed by atoms with Gasteiger partial charge in [0.1, 0.15) is 12.4 Å². The van der Waals surface area contributed by atoms with E-state index in [4.69, 9.17) is 4.74 Å². The van der Waals surface area contributed by atoms with Crippen LogP contribution >= 0.6 is 15.9 Å². The molecule has 2 aromatic carbocycles. The molecule has 0 saturated heterocycles. The predicted molar refractivity (Wildman–Crippen MR) is 76.3 cm³/mol. The van der Waals surface area contributed by atoms with Crippen LogP contribution in [0.2, 0.25) is 0 Å². The molecule has 0 unspecified atom stereocenters. The summed E-state index contributed by atoms with van der Waals surface area (Å²) in [5, 5.41) is 10.7. The molecular formula is C14H12BrNO3. The van der Waals surface area contributed by atoms with Gasteiger partial charge < -0.3 is 4.74 Å². The van der Waals surface area contributed by atoms with Gasteiger partial charge in [-0.1, -0.05) is 28.1 Å². The summed E-state index contributed by atoms with van der Waals surface area (Å²) < 4.78 is 6.66. The number of rotatable bonds is 4. The first-order chi connectivity index (χ1) is 9.06. The standard InChI is InChI=1S/C14H12BrNO3/c1-10-7-12(15)5-6-14(10)19-9-11-3-2-4-13(8-11)16(17)18/h2-8H,9H2,1H3. The summed E-state index contributed by atoms with van der Waals surface area (Å²) in [6.07, 6.45) is 0. The highest BCUT2D eigenvalue weighted by molar-refractivity contribution is 9.10. The summed E-state index contributed by atoms with van der Waals surface area (Å²) in [7, 11) is 0. The molecule has 2 rings (SSSR count). The number of nitrogens with zero attached hydrogens (tertiary/aromatic N) is 1. The van der Waals surface area contributed by atoms with E-state index in [1.807, 2.05) is 25.1 Å². The maximum atomic E-state index is 10.7. The lowest BCUT2D eigenvalue weighted by Crippen LogP contribution is -1.98. The van der Waals surface area contributed by atoms with Crippen LogP contribution in [0.25, 0.3) is 0 Å². The Bertz CT molecular complexity index is 613. The van der Waals surface area contributed by atoms with E-state index in [0.717, 1.165) is 21.3 Å². The molecule has 0 aliphatic carbocycles. The van der Waals surface area contributed by atoms with E-state index in [1.54, 1.807) is 12.1 Å². The average molecular weight is 322 g/mol. The Hall–Kier alpha value is -1.88. The summed E-state index contributed by atoms with van der Waals surface area (Å²) in [5.74, 6) is 0.773. The second-order valence-corrected chi connectivity index (χ2v) is 5.04. The molecule has 0 aliphatic rings. The number of nitro benzene ring substituents is 1. The highest BCUT2D eigenvalue weighted by Gasteiger charge is 2.06. The molecule has 0 radical (unpaired) electrons. The van der Waals surface area contributed by atoms with Crippen molar-refractivity contribution in [2.24, 2.45) is 0 Å². The molecule has 0 aromatic heterocycles. The molecule has 4 nitrogen and oxygen atoms in total. The Balaban J connectivity index is 2.10. The maximum absolute atomic E-state index is 10.7. The van der Waals surface area contributed by atoms with Crippen molar-refractivity contribution in [1.82, 2.24) is 0 Å². The number of aryl methyl sites for hydroxylation is 1. The highest BCUT2D eigenvalue weighted by atomic mass is 79.9. The summed E-state index contributed by atoms with van der Waals surface area (Å²) in [6, 6.07) is 12.2. The second-order valence-electron chi connectivity index (χ2n) is 4.13. The van der Waals surface area contributed by atoms with Gasteiger partial charge in [0.25, 0.3) is 5.69 Å². The highest BCUT2D eigenvalue weighted by Crippen LogP contribution is 2.23. The van der Waals surface area contributed by atoms with Gasteiger partial charge in [-0.2, -0.15) is 0 Å². The number of hydrogen-bond donors (Lipinski definition) is 0. The first-order valence-corrected chi connectivity index (χ1v) is 6.48. The molecular weight excluding hydrogens is 310 g/mol. The molecule has 0 atom stereocenters.